The molecule has 1 aliphatic rings. The van der Waals surface area contributed by atoms with Gasteiger partial charge in [0.2, 0.25) is 5.90 Å². The molecule has 0 amide bonds. The number of rotatable bonds is 6. The minimum Gasteiger partial charge on any atom is -0.493 e. The van der Waals surface area contributed by atoms with E-state index >= 15 is 0 Å². The first-order chi connectivity index (χ1) is 15.8. The molecule has 0 fully saturated rings. The van der Waals surface area contributed by atoms with Crippen LogP contribution in [0.4, 0.5) is 0 Å². The molecular formula is C25H18Cl3NO4. The van der Waals surface area contributed by atoms with E-state index in [1.165, 1.54) is 7.11 Å². The third-order valence-electron chi connectivity index (χ3n) is 4.80. The molecule has 3 aromatic rings. The van der Waals surface area contributed by atoms with E-state index in [1.54, 1.807) is 36.4 Å². The Hall–Kier alpha value is -2.99. The van der Waals surface area contributed by atoms with Gasteiger partial charge >= 0.3 is 5.97 Å². The summed E-state index contributed by atoms with van der Waals surface area (Å²) in [5.74, 6) is 0.335. The van der Waals surface area contributed by atoms with E-state index in [0.717, 1.165) is 11.1 Å². The van der Waals surface area contributed by atoms with Crippen molar-refractivity contribution in [2.75, 3.05) is 7.11 Å². The SMILES string of the molecule is COc1cc(/C=C2\N=C(c3ccc(Cl)cc3Cl)OC2=O)cc(Cl)c1OCc1cccc(C)c1. The van der Waals surface area contributed by atoms with Crippen LogP contribution in [0.15, 0.2) is 65.3 Å². The molecule has 8 heteroatoms. The molecule has 0 unspecified atom stereocenters. The maximum Gasteiger partial charge on any atom is 0.363 e. The molecule has 0 aromatic heterocycles. The normalized spacial score (nSPS) is 14.3. The van der Waals surface area contributed by atoms with Crippen LogP contribution >= 0.6 is 34.8 Å². The predicted molar refractivity (Wildman–Crippen MR) is 131 cm³/mol. The topological polar surface area (TPSA) is 57.1 Å². The Morgan fingerprint density at radius 1 is 1.03 bits per heavy atom. The highest BCUT2D eigenvalue weighted by molar-refractivity contribution is 6.37. The Morgan fingerprint density at radius 2 is 1.85 bits per heavy atom. The van der Waals surface area contributed by atoms with Crippen molar-refractivity contribution in [3.8, 4) is 11.5 Å². The molecule has 4 rings (SSSR count). The second-order valence-corrected chi connectivity index (χ2v) is 8.52. The summed E-state index contributed by atoms with van der Waals surface area (Å²) >= 11 is 18.6. The van der Waals surface area contributed by atoms with Crippen LogP contribution in [-0.4, -0.2) is 19.0 Å². The largest absolute Gasteiger partial charge is 0.493 e. The third kappa shape index (κ3) is 5.33. The minimum atomic E-state index is -0.606. The third-order valence-corrected chi connectivity index (χ3v) is 5.63. The van der Waals surface area contributed by atoms with Crippen LogP contribution in [0, 0.1) is 6.92 Å². The molecule has 0 spiro atoms. The lowest BCUT2D eigenvalue weighted by Crippen LogP contribution is -2.05. The van der Waals surface area contributed by atoms with Gasteiger partial charge in [0.05, 0.1) is 22.7 Å². The number of carbonyl (C=O) groups is 1. The zero-order chi connectivity index (χ0) is 23.5. The number of hydrogen-bond donors (Lipinski definition) is 0. The minimum absolute atomic E-state index is 0.0996. The van der Waals surface area contributed by atoms with Crippen LogP contribution in [0.2, 0.25) is 15.1 Å². The summed E-state index contributed by atoms with van der Waals surface area (Å²) in [6.45, 7) is 2.35. The van der Waals surface area contributed by atoms with Gasteiger partial charge in [-0.1, -0.05) is 64.6 Å². The molecule has 0 radical (unpaired) electrons. The maximum absolute atomic E-state index is 12.4. The van der Waals surface area contributed by atoms with Crippen molar-refractivity contribution in [3.05, 3.63) is 97.6 Å². The van der Waals surface area contributed by atoms with E-state index in [-0.39, 0.29) is 11.6 Å². The summed E-state index contributed by atoms with van der Waals surface area (Å²) in [7, 11) is 1.52. The average Bonchev–Trinajstić information content (AvgIpc) is 3.12. The van der Waals surface area contributed by atoms with Gasteiger partial charge in [0.1, 0.15) is 6.61 Å². The number of aliphatic imine (C=N–C) groups is 1. The quantitative estimate of drug-likeness (QED) is 0.272. The molecule has 0 bridgehead atoms. The summed E-state index contributed by atoms with van der Waals surface area (Å²) in [6.07, 6.45) is 1.55. The lowest BCUT2D eigenvalue weighted by atomic mass is 10.1. The van der Waals surface area contributed by atoms with Crippen LogP contribution in [0.5, 0.6) is 11.5 Å². The molecule has 33 heavy (non-hydrogen) atoms. The van der Waals surface area contributed by atoms with Crippen molar-refractivity contribution >= 4 is 52.7 Å². The number of cyclic esters (lactones) is 1. The summed E-state index contributed by atoms with van der Waals surface area (Å²) in [5, 5.41) is 1.14. The zero-order valence-corrected chi connectivity index (χ0v) is 20.0. The monoisotopic (exact) mass is 501 g/mol. The Bertz CT molecular complexity index is 1300. The summed E-state index contributed by atoms with van der Waals surface area (Å²) in [6, 6.07) is 16.2. The van der Waals surface area contributed by atoms with Crippen LogP contribution in [-0.2, 0) is 16.1 Å². The number of methoxy groups -OCH3 is 1. The van der Waals surface area contributed by atoms with E-state index in [9.17, 15) is 4.79 Å². The lowest BCUT2D eigenvalue weighted by Gasteiger charge is -2.13. The van der Waals surface area contributed by atoms with Crippen molar-refractivity contribution < 1.29 is 19.0 Å². The van der Waals surface area contributed by atoms with Crippen LogP contribution in [0.25, 0.3) is 6.08 Å². The molecule has 5 nitrogen and oxygen atoms in total. The summed E-state index contributed by atoms with van der Waals surface area (Å²) in [5.41, 5.74) is 3.31. The van der Waals surface area contributed by atoms with Gasteiger partial charge in [-0.2, -0.15) is 0 Å². The number of hydrogen-bond acceptors (Lipinski definition) is 5. The number of esters is 1. The van der Waals surface area contributed by atoms with E-state index < -0.39 is 5.97 Å². The Labute approximate surface area is 206 Å². The molecule has 0 atom stereocenters. The molecule has 3 aromatic carbocycles. The molecule has 1 aliphatic heterocycles. The molecule has 0 N–H and O–H groups in total. The fourth-order valence-electron chi connectivity index (χ4n) is 3.27. The van der Waals surface area contributed by atoms with Crippen molar-refractivity contribution in [2.45, 2.75) is 13.5 Å². The maximum atomic E-state index is 12.4. The van der Waals surface area contributed by atoms with E-state index in [2.05, 4.69) is 4.99 Å². The first kappa shape index (κ1) is 23.2. The number of aryl methyl sites for hydroxylation is 1. The van der Waals surface area contributed by atoms with Crippen LogP contribution in [0.3, 0.4) is 0 Å². The fraction of sp³-hybridized carbons (Fsp3) is 0.120. The summed E-state index contributed by atoms with van der Waals surface area (Å²) in [4.78, 5) is 16.7. The Kier molecular flexibility index (Phi) is 6.94. The van der Waals surface area contributed by atoms with Crippen molar-refractivity contribution in [1.29, 1.82) is 0 Å². The average molecular weight is 503 g/mol. The van der Waals surface area contributed by atoms with Crippen molar-refractivity contribution in [1.82, 2.24) is 0 Å². The predicted octanol–water partition coefficient (Wildman–Crippen LogP) is 6.89. The van der Waals surface area contributed by atoms with Gasteiger partial charge in [-0.3, -0.25) is 0 Å². The molecular weight excluding hydrogens is 485 g/mol. The second kappa shape index (κ2) is 9.87. The lowest BCUT2D eigenvalue weighted by molar-refractivity contribution is -0.129. The standard InChI is InChI=1S/C25H18Cl3NO4/c1-14-4-3-5-15(8-14)13-32-23-20(28)9-16(11-22(23)31-2)10-21-25(30)33-24(29-21)18-7-6-17(26)12-19(18)27/h3-12H,13H2,1-2H3/b21-10-. The Morgan fingerprint density at radius 3 is 2.58 bits per heavy atom. The van der Waals surface area contributed by atoms with E-state index in [4.69, 9.17) is 49.0 Å². The zero-order valence-electron chi connectivity index (χ0n) is 17.7. The molecule has 1 heterocycles. The van der Waals surface area contributed by atoms with Crippen molar-refractivity contribution in [3.63, 3.8) is 0 Å². The smallest absolute Gasteiger partial charge is 0.363 e. The molecule has 0 saturated carbocycles. The van der Waals surface area contributed by atoms with Gasteiger partial charge < -0.3 is 14.2 Å². The fourth-order valence-corrected chi connectivity index (χ4v) is 4.03. The molecule has 0 saturated heterocycles. The first-order valence-corrected chi connectivity index (χ1v) is 11.0. The summed E-state index contributed by atoms with van der Waals surface area (Å²) < 4.78 is 16.7. The van der Waals surface area contributed by atoms with Gasteiger partial charge in [-0.15, -0.1) is 0 Å². The molecule has 0 aliphatic carbocycles. The van der Waals surface area contributed by atoms with Gasteiger partial charge in [-0.05, 0) is 54.5 Å². The highest BCUT2D eigenvalue weighted by Gasteiger charge is 2.26. The van der Waals surface area contributed by atoms with E-state index in [1.807, 2.05) is 31.2 Å². The van der Waals surface area contributed by atoms with Gasteiger partial charge in [0, 0.05) is 5.02 Å². The first-order valence-electron chi connectivity index (χ1n) is 9.88. The van der Waals surface area contributed by atoms with Crippen LogP contribution in [0.1, 0.15) is 22.3 Å². The number of halogens is 3. The highest BCUT2D eigenvalue weighted by atomic mass is 35.5. The Balaban J connectivity index is 1.60. The molecule has 168 valence electrons. The number of benzene rings is 3. The van der Waals surface area contributed by atoms with Crippen molar-refractivity contribution in [2.24, 2.45) is 4.99 Å². The second-order valence-electron chi connectivity index (χ2n) is 7.27. The number of ether oxygens (including phenoxy) is 3. The van der Waals surface area contributed by atoms with Gasteiger partial charge in [-0.25, -0.2) is 9.79 Å². The van der Waals surface area contributed by atoms with Gasteiger partial charge in [0.25, 0.3) is 0 Å². The van der Waals surface area contributed by atoms with E-state index in [0.29, 0.717) is 44.3 Å². The number of carbonyl (C=O) groups excluding carboxylic acids is 1. The highest BCUT2D eigenvalue weighted by Crippen LogP contribution is 2.38. The number of nitrogens with zero attached hydrogens (tertiary/aromatic N) is 1. The van der Waals surface area contributed by atoms with Gasteiger partial charge in [0.15, 0.2) is 17.2 Å². The van der Waals surface area contributed by atoms with Crippen LogP contribution < -0.4 is 9.47 Å².